The van der Waals surface area contributed by atoms with Crippen LogP contribution in [0.5, 0.6) is 0 Å². The van der Waals surface area contributed by atoms with Gasteiger partial charge in [-0.1, -0.05) is 204 Å². The van der Waals surface area contributed by atoms with Crippen LogP contribution >= 0.6 is 7.82 Å². The number of hydrogen-bond acceptors (Lipinski definition) is 8. The number of allylic oxidation sites excluding steroid dienone is 26. The van der Waals surface area contributed by atoms with Crippen molar-refractivity contribution in [2.75, 3.05) is 26.4 Å². The Balaban J connectivity index is 4.12. The third kappa shape index (κ3) is 54.8. The molecule has 0 saturated heterocycles. The molecule has 0 aromatic rings. The Morgan fingerprint density at radius 3 is 1.17 bits per heavy atom. The summed E-state index contributed by atoms with van der Waals surface area (Å²) in [4.78, 5) is 35.0. The number of carbonyl (C=O) groups excluding carboxylic acids is 2. The second kappa shape index (κ2) is 55.0. The lowest BCUT2D eigenvalue weighted by Crippen LogP contribution is -2.29. The zero-order chi connectivity index (χ0) is 51.7. The SMILES string of the molecule is CC/C=C\C/C=C\C/C=C\C/C=C\C/C=C\C/C=C\C/C=C\C/C=C\C/C=C\C/C=C\C/C=C\CCCCCC(=O)OC(COC(=O)CCCCCCC/C=C\C/C=C\CCC)COP(=O)(O)OCCN. The van der Waals surface area contributed by atoms with Crippen LogP contribution in [0.1, 0.15) is 181 Å². The summed E-state index contributed by atoms with van der Waals surface area (Å²) in [5.41, 5.74) is 5.36. The van der Waals surface area contributed by atoms with Gasteiger partial charge in [-0.05, 0) is 122 Å². The maximum Gasteiger partial charge on any atom is 0.472 e. The first-order valence-electron chi connectivity index (χ1n) is 27.0. The normalized spacial score (nSPS) is 14.4. The fourth-order valence-corrected chi connectivity index (χ4v) is 7.21. The fraction of sp³-hybridized carbons (Fsp3) is 0.541. The second-order valence-corrected chi connectivity index (χ2v) is 18.5. The third-order valence-corrected chi connectivity index (χ3v) is 11.4. The Kier molecular flexibility index (Phi) is 51.6. The van der Waals surface area contributed by atoms with Gasteiger partial charge >= 0.3 is 19.8 Å². The molecule has 0 bridgehead atoms. The zero-order valence-corrected chi connectivity index (χ0v) is 45.0. The summed E-state index contributed by atoms with van der Waals surface area (Å²) in [6.45, 7) is 3.46. The highest BCUT2D eigenvalue weighted by atomic mass is 31.2. The van der Waals surface area contributed by atoms with Gasteiger partial charge in [0.1, 0.15) is 6.61 Å². The van der Waals surface area contributed by atoms with Gasteiger partial charge in [0, 0.05) is 19.4 Å². The Morgan fingerprint density at radius 1 is 0.437 bits per heavy atom. The molecule has 3 N–H and O–H groups in total. The molecule has 0 spiro atoms. The number of esters is 2. The van der Waals surface area contributed by atoms with Gasteiger partial charge in [0.25, 0.3) is 0 Å². The van der Waals surface area contributed by atoms with Crippen molar-refractivity contribution in [3.8, 4) is 0 Å². The smallest absolute Gasteiger partial charge is 0.462 e. The molecule has 0 aromatic heterocycles. The first-order chi connectivity index (χ1) is 34.8. The molecule has 71 heavy (non-hydrogen) atoms. The molecule has 2 unspecified atom stereocenters. The number of nitrogens with two attached hydrogens (primary N) is 1. The largest absolute Gasteiger partial charge is 0.472 e. The summed E-state index contributed by atoms with van der Waals surface area (Å²) >= 11 is 0. The van der Waals surface area contributed by atoms with Gasteiger partial charge in [-0.3, -0.25) is 18.6 Å². The van der Waals surface area contributed by atoms with Gasteiger partial charge in [-0.25, -0.2) is 4.57 Å². The quantitative estimate of drug-likeness (QED) is 0.0264. The van der Waals surface area contributed by atoms with E-state index in [1.54, 1.807) is 0 Å². The highest BCUT2D eigenvalue weighted by molar-refractivity contribution is 7.47. The van der Waals surface area contributed by atoms with Crippen molar-refractivity contribution < 1.29 is 37.6 Å². The Morgan fingerprint density at radius 2 is 0.775 bits per heavy atom. The van der Waals surface area contributed by atoms with Crippen molar-refractivity contribution in [3.05, 3.63) is 158 Å². The third-order valence-electron chi connectivity index (χ3n) is 10.4. The van der Waals surface area contributed by atoms with Crippen LogP contribution in [0.3, 0.4) is 0 Å². The van der Waals surface area contributed by atoms with Crippen LogP contribution < -0.4 is 5.73 Å². The molecule has 10 heteroatoms. The van der Waals surface area contributed by atoms with Crippen LogP contribution in [0.4, 0.5) is 0 Å². The summed E-state index contributed by atoms with van der Waals surface area (Å²) in [7, 11) is -4.41. The molecule has 0 aliphatic heterocycles. The van der Waals surface area contributed by atoms with E-state index in [4.69, 9.17) is 24.3 Å². The molecule has 0 heterocycles. The molecule has 0 fully saturated rings. The standard InChI is InChI=1S/C61H96NO8P/c1-3-5-7-9-11-13-15-17-18-19-20-21-22-23-24-25-26-27-28-29-30-31-32-33-34-35-36-37-38-39-40-42-44-46-48-50-52-54-61(64)70-59(58-69-71(65,66)68-56-55-62)57-67-60(63)53-51-49-47-45-43-41-16-14-12-10-8-6-4-2/h5,7-8,10-11,13-14,16-18,20-21,23-24,26-27,29-30,32-33,35-36,38-39,42,44,59H,3-4,6,9,12,15,19,22,25,28,31,34,37,40-41,43,45-58,62H2,1-2H3,(H,65,66)/b7-5-,10-8-,13-11-,16-14-,18-17-,21-20-,24-23-,27-26-,30-29-,33-32-,36-35-,39-38-,44-42-. The molecule has 0 rings (SSSR count). The first kappa shape index (κ1) is 66.6. The average Bonchev–Trinajstić information content (AvgIpc) is 3.36. The van der Waals surface area contributed by atoms with Gasteiger partial charge in [0.05, 0.1) is 13.2 Å². The number of hydrogen-bond donors (Lipinski definition) is 2. The van der Waals surface area contributed by atoms with Gasteiger partial charge in [-0.2, -0.15) is 0 Å². The monoisotopic (exact) mass is 1000 g/mol. The number of rotatable bonds is 48. The van der Waals surface area contributed by atoms with E-state index in [0.717, 1.165) is 135 Å². The van der Waals surface area contributed by atoms with E-state index in [1.165, 1.54) is 6.42 Å². The summed E-state index contributed by atoms with van der Waals surface area (Å²) in [5, 5.41) is 0. The van der Waals surface area contributed by atoms with Crippen LogP contribution in [0, 0.1) is 0 Å². The van der Waals surface area contributed by atoms with Gasteiger partial charge in [0.2, 0.25) is 0 Å². The predicted molar refractivity (Wildman–Crippen MR) is 302 cm³/mol. The number of phosphoric ester groups is 1. The lowest BCUT2D eigenvalue weighted by molar-refractivity contribution is -0.161. The second-order valence-electron chi connectivity index (χ2n) is 17.0. The van der Waals surface area contributed by atoms with E-state index < -0.39 is 32.5 Å². The highest BCUT2D eigenvalue weighted by Crippen LogP contribution is 2.43. The molecule has 0 aliphatic carbocycles. The molecule has 0 amide bonds. The van der Waals surface area contributed by atoms with Crippen molar-refractivity contribution in [1.82, 2.24) is 0 Å². The maximum atomic E-state index is 12.6. The number of carbonyl (C=O) groups is 2. The molecule has 9 nitrogen and oxygen atoms in total. The topological polar surface area (TPSA) is 134 Å². The van der Waals surface area contributed by atoms with Crippen molar-refractivity contribution >= 4 is 19.8 Å². The van der Waals surface area contributed by atoms with Crippen LogP contribution in [0.15, 0.2) is 158 Å². The molecule has 2 atom stereocenters. The van der Waals surface area contributed by atoms with E-state index in [-0.39, 0.29) is 32.6 Å². The Hall–Kier alpha value is -4.37. The summed E-state index contributed by atoms with van der Waals surface area (Å²) in [6, 6.07) is 0. The van der Waals surface area contributed by atoms with E-state index in [0.29, 0.717) is 12.8 Å². The molecule has 0 radical (unpaired) electrons. The van der Waals surface area contributed by atoms with E-state index >= 15 is 0 Å². The molecule has 398 valence electrons. The lowest BCUT2D eigenvalue weighted by atomic mass is 10.1. The summed E-state index contributed by atoms with van der Waals surface area (Å²) in [5.74, 6) is -0.900. The molecule has 0 aliphatic rings. The number of unbranched alkanes of at least 4 members (excludes halogenated alkanes) is 9. The van der Waals surface area contributed by atoms with E-state index in [2.05, 4.69) is 172 Å². The minimum absolute atomic E-state index is 0.0367. The average molecular weight is 1000 g/mol. The van der Waals surface area contributed by atoms with Crippen molar-refractivity contribution in [3.63, 3.8) is 0 Å². The minimum atomic E-state index is -4.41. The van der Waals surface area contributed by atoms with Crippen molar-refractivity contribution in [2.24, 2.45) is 5.73 Å². The van der Waals surface area contributed by atoms with Gasteiger partial charge in [0.15, 0.2) is 6.10 Å². The highest BCUT2D eigenvalue weighted by Gasteiger charge is 2.26. The maximum absolute atomic E-state index is 12.6. The summed E-state index contributed by atoms with van der Waals surface area (Å²) in [6.07, 6.45) is 80.1. The van der Waals surface area contributed by atoms with Crippen LogP contribution in [0.2, 0.25) is 0 Å². The van der Waals surface area contributed by atoms with Crippen molar-refractivity contribution in [1.29, 1.82) is 0 Å². The van der Waals surface area contributed by atoms with Gasteiger partial charge in [-0.15, -0.1) is 0 Å². The Bertz CT molecular complexity index is 1710. The summed E-state index contributed by atoms with van der Waals surface area (Å²) < 4.78 is 32.8. The zero-order valence-electron chi connectivity index (χ0n) is 44.1. The van der Waals surface area contributed by atoms with Crippen molar-refractivity contribution in [2.45, 2.75) is 187 Å². The minimum Gasteiger partial charge on any atom is -0.462 e. The van der Waals surface area contributed by atoms with Crippen LogP contribution in [-0.4, -0.2) is 49.3 Å². The molecular formula is C61H96NO8P. The van der Waals surface area contributed by atoms with Crippen LogP contribution in [0.25, 0.3) is 0 Å². The number of ether oxygens (including phenoxy) is 2. The molecular weight excluding hydrogens is 906 g/mol. The van der Waals surface area contributed by atoms with Gasteiger partial charge < -0.3 is 20.1 Å². The van der Waals surface area contributed by atoms with Crippen LogP contribution in [-0.2, 0) is 32.7 Å². The lowest BCUT2D eigenvalue weighted by Gasteiger charge is -2.19. The predicted octanol–water partition coefficient (Wildman–Crippen LogP) is 16.9. The fourth-order valence-electron chi connectivity index (χ4n) is 6.44. The van der Waals surface area contributed by atoms with E-state index in [1.807, 2.05) is 0 Å². The number of phosphoric acid groups is 1. The Labute approximate surface area is 432 Å². The molecule has 0 saturated carbocycles. The van der Waals surface area contributed by atoms with E-state index in [9.17, 15) is 19.0 Å². The molecule has 0 aromatic carbocycles. The first-order valence-corrected chi connectivity index (χ1v) is 28.5.